The summed E-state index contributed by atoms with van der Waals surface area (Å²) in [4.78, 5) is 21.2. The van der Waals surface area contributed by atoms with E-state index in [9.17, 15) is 17.6 Å². The lowest BCUT2D eigenvalue weighted by Gasteiger charge is -2.37. The molecule has 0 bridgehead atoms. The molecule has 0 radical (unpaired) electrons. The first-order valence-electron chi connectivity index (χ1n) is 11.1. The molecule has 2 aromatic carbocycles. The Hall–Kier alpha value is -3.44. The van der Waals surface area contributed by atoms with Crippen LogP contribution >= 0.6 is 11.3 Å². The molecule has 3 heterocycles. The van der Waals surface area contributed by atoms with Crippen molar-refractivity contribution in [2.24, 2.45) is 0 Å². The number of fused-ring (bicyclic) bond motifs is 1. The van der Waals surface area contributed by atoms with E-state index >= 15 is 0 Å². The van der Waals surface area contributed by atoms with Crippen LogP contribution in [0.3, 0.4) is 0 Å². The number of thiazole rings is 1. The number of rotatable bonds is 6. The molecule has 1 aliphatic rings. The Labute approximate surface area is 206 Å². The fourth-order valence-electron chi connectivity index (χ4n) is 4.35. The van der Waals surface area contributed by atoms with Crippen molar-refractivity contribution in [2.75, 3.05) is 35.8 Å². The van der Waals surface area contributed by atoms with Gasteiger partial charge in [-0.3, -0.25) is 9.52 Å². The van der Waals surface area contributed by atoms with Crippen molar-refractivity contribution in [3.05, 3.63) is 72.1 Å². The summed E-state index contributed by atoms with van der Waals surface area (Å²) in [6, 6.07) is 12.8. The number of nitrogens with zero attached hydrogens (tertiary/aromatic N) is 4. The molecule has 11 heteroatoms. The van der Waals surface area contributed by atoms with Gasteiger partial charge in [0.25, 0.3) is 10.0 Å². The van der Waals surface area contributed by atoms with Crippen LogP contribution in [-0.4, -0.2) is 55.0 Å². The summed E-state index contributed by atoms with van der Waals surface area (Å²) in [6.45, 7) is 3.98. The molecule has 1 amide bonds. The van der Waals surface area contributed by atoms with Crippen LogP contribution in [0.5, 0.6) is 0 Å². The molecule has 182 valence electrons. The maximum Gasteiger partial charge on any atom is 0.263 e. The Kier molecular flexibility index (Phi) is 6.20. The molecule has 4 aromatic rings. The number of sulfonamides is 1. The molecule has 1 N–H and O–H groups in total. The first kappa shape index (κ1) is 23.3. The van der Waals surface area contributed by atoms with Crippen molar-refractivity contribution in [1.29, 1.82) is 0 Å². The van der Waals surface area contributed by atoms with E-state index in [1.807, 2.05) is 19.1 Å². The SMILES string of the molecule is CC(C(=O)N1CCN(c2cccc(S(=O)(=O)Nc3nccs3)c2)CC1)n1ccc2c(F)cccc21. The van der Waals surface area contributed by atoms with Gasteiger partial charge in [0.15, 0.2) is 5.13 Å². The Morgan fingerprint density at radius 1 is 1.11 bits per heavy atom. The Morgan fingerprint density at radius 2 is 1.89 bits per heavy atom. The Bertz CT molecular complexity index is 1460. The summed E-state index contributed by atoms with van der Waals surface area (Å²) >= 11 is 1.21. The number of carbonyl (C=O) groups is 1. The third-order valence-electron chi connectivity index (χ3n) is 6.22. The van der Waals surface area contributed by atoms with Crippen LogP contribution in [0.1, 0.15) is 13.0 Å². The molecule has 0 aliphatic carbocycles. The van der Waals surface area contributed by atoms with Crippen LogP contribution in [0.2, 0.25) is 0 Å². The quantitative estimate of drug-likeness (QED) is 0.422. The van der Waals surface area contributed by atoms with Crippen molar-refractivity contribution in [3.63, 3.8) is 0 Å². The Morgan fingerprint density at radius 3 is 2.63 bits per heavy atom. The van der Waals surface area contributed by atoms with Gasteiger partial charge in [0.05, 0.1) is 10.4 Å². The van der Waals surface area contributed by atoms with E-state index < -0.39 is 16.1 Å². The number of hydrogen-bond donors (Lipinski definition) is 1. The van der Waals surface area contributed by atoms with Crippen molar-refractivity contribution in [2.45, 2.75) is 17.9 Å². The normalized spacial score (nSPS) is 15.4. The summed E-state index contributed by atoms with van der Waals surface area (Å²) in [5.74, 6) is -0.337. The van der Waals surface area contributed by atoms with E-state index in [-0.39, 0.29) is 16.6 Å². The molecule has 0 saturated carbocycles. The standard InChI is InChI=1S/C24H24FN5O3S2/c1-17(30-10-8-20-21(25)6-3-7-22(20)30)23(31)29-13-11-28(12-14-29)18-4-2-5-19(16-18)35(32,33)27-24-26-9-15-34-24/h2-10,15-17H,11-14H2,1H3,(H,26,27). The molecule has 1 saturated heterocycles. The number of carbonyl (C=O) groups excluding carboxylic acids is 1. The highest BCUT2D eigenvalue weighted by atomic mass is 32.2. The maximum absolute atomic E-state index is 14.1. The number of aromatic nitrogens is 2. The van der Waals surface area contributed by atoms with Gasteiger partial charge in [-0.2, -0.15) is 0 Å². The topological polar surface area (TPSA) is 87.5 Å². The molecular formula is C24H24FN5O3S2. The zero-order chi connectivity index (χ0) is 24.6. The van der Waals surface area contributed by atoms with Crippen molar-refractivity contribution in [1.82, 2.24) is 14.5 Å². The van der Waals surface area contributed by atoms with Gasteiger partial charge in [-0.15, -0.1) is 11.3 Å². The predicted octanol–water partition coefficient (Wildman–Crippen LogP) is 3.95. The van der Waals surface area contributed by atoms with Crippen LogP contribution in [0.25, 0.3) is 10.9 Å². The van der Waals surface area contributed by atoms with E-state index in [0.29, 0.717) is 42.2 Å². The van der Waals surface area contributed by atoms with Crippen LogP contribution in [-0.2, 0) is 14.8 Å². The first-order chi connectivity index (χ1) is 16.8. The highest BCUT2D eigenvalue weighted by molar-refractivity contribution is 7.93. The van der Waals surface area contributed by atoms with Gasteiger partial charge in [-0.05, 0) is 43.3 Å². The lowest BCUT2D eigenvalue weighted by Crippen LogP contribution is -2.50. The number of benzene rings is 2. The molecule has 1 fully saturated rings. The zero-order valence-corrected chi connectivity index (χ0v) is 20.6. The molecule has 1 unspecified atom stereocenters. The van der Waals surface area contributed by atoms with Crippen LogP contribution < -0.4 is 9.62 Å². The number of anilines is 2. The summed E-state index contributed by atoms with van der Waals surface area (Å²) in [7, 11) is -3.75. The number of halogens is 1. The van der Waals surface area contributed by atoms with Gasteiger partial charge < -0.3 is 14.4 Å². The fourth-order valence-corrected chi connectivity index (χ4v) is 6.18. The summed E-state index contributed by atoms with van der Waals surface area (Å²) in [5.41, 5.74) is 1.47. The first-order valence-corrected chi connectivity index (χ1v) is 13.5. The molecular weight excluding hydrogens is 489 g/mol. The lowest BCUT2D eigenvalue weighted by atomic mass is 10.2. The highest BCUT2D eigenvalue weighted by Gasteiger charge is 2.27. The van der Waals surface area contributed by atoms with Gasteiger partial charge in [0.2, 0.25) is 5.91 Å². The van der Waals surface area contributed by atoms with Crippen molar-refractivity contribution >= 4 is 49.0 Å². The third-order valence-corrected chi connectivity index (χ3v) is 8.38. The van der Waals surface area contributed by atoms with E-state index in [1.165, 1.54) is 23.6 Å². The molecule has 8 nitrogen and oxygen atoms in total. The maximum atomic E-state index is 14.1. The Balaban J connectivity index is 1.26. The van der Waals surface area contributed by atoms with Gasteiger partial charge >= 0.3 is 0 Å². The second-order valence-electron chi connectivity index (χ2n) is 8.32. The van der Waals surface area contributed by atoms with Crippen molar-refractivity contribution < 1.29 is 17.6 Å². The van der Waals surface area contributed by atoms with E-state index in [2.05, 4.69) is 14.6 Å². The number of piperazine rings is 1. The predicted molar refractivity (Wildman–Crippen MR) is 135 cm³/mol. The third kappa shape index (κ3) is 4.61. The second-order valence-corrected chi connectivity index (χ2v) is 10.9. The van der Waals surface area contributed by atoms with Gasteiger partial charge in [-0.1, -0.05) is 12.1 Å². The van der Waals surface area contributed by atoms with Gasteiger partial charge in [0.1, 0.15) is 11.9 Å². The second kappa shape index (κ2) is 9.31. The summed E-state index contributed by atoms with van der Waals surface area (Å²) in [5, 5.41) is 2.51. The average molecular weight is 514 g/mol. The van der Waals surface area contributed by atoms with E-state index in [1.54, 1.807) is 51.4 Å². The summed E-state index contributed by atoms with van der Waals surface area (Å²) < 4.78 is 43.8. The monoisotopic (exact) mass is 513 g/mol. The molecule has 5 rings (SSSR count). The number of hydrogen-bond acceptors (Lipinski definition) is 6. The fraction of sp³-hybridized carbons (Fsp3) is 0.250. The summed E-state index contributed by atoms with van der Waals surface area (Å²) in [6.07, 6.45) is 3.29. The minimum Gasteiger partial charge on any atom is -0.368 e. The zero-order valence-electron chi connectivity index (χ0n) is 19.0. The van der Waals surface area contributed by atoms with E-state index in [4.69, 9.17) is 0 Å². The van der Waals surface area contributed by atoms with Crippen LogP contribution in [0.4, 0.5) is 15.2 Å². The number of nitrogens with one attached hydrogen (secondary N) is 1. The lowest BCUT2D eigenvalue weighted by molar-refractivity contribution is -0.134. The highest BCUT2D eigenvalue weighted by Crippen LogP contribution is 2.26. The van der Waals surface area contributed by atoms with Gasteiger partial charge in [0, 0.05) is 55.0 Å². The minimum atomic E-state index is -3.75. The molecule has 35 heavy (non-hydrogen) atoms. The van der Waals surface area contributed by atoms with Crippen molar-refractivity contribution in [3.8, 4) is 0 Å². The number of amides is 1. The van der Waals surface area contributed by atoms with Gasteiger partial charge in [-0.25, -0.2) is 17.8 Å². The molecule has 2 aromatic heterocycles. The average Bonchev–Trinajstić information content (AvgIpc) is 3.54. The minimum absolute atomic E-state index is 0.0320. The molecule has 1 aliphatic heterocycles. The van der Waals surface area contributed by atoms with E-state index in [0.717, 1.165) is 5.69 Å². The largest absolute Gasteiger partial charge is 0.368 e. The van der Waals surface area contributed by atoms with Crippen LogP contribution in [0.15, 0.2) is 71.2 Å². The molecule has 1 atom stereocenters. The molecule has 0 spiro atoms. The van der Waals surface area contributed by atoms with Crippen LogP contribution in [0, 0.1) is 5.82 Å². The smallest absolute Gasteiger partial charge is 0.263 e.